The van der Waals surface area contributed by atoms with Gasteiger partial charge in [-0.3, -0.25) is 4.79 Å². The van der Waals surface area contributed by atoms with Crippen LogP contribution in [0, 0.1) is 11.8 Å². The zero-order chi connectivity index (χ0) is 8.43. The van der Waals surface area contributed by atoms with Crippen LogP contribution in [0.1, 0.15) is 20.3 Å². The maximum Gasteiger partial charge on any atom is 0.309 e. The Morgan fingerprint density at radius 3 is 2.73 bits per heavy atom. The summed E-state index contributed by atoms with van der Waals surface area (Å²) in [6.07, 6.45) is 2.98. The van der Waals surface area contributed by atoms with E-state index < -0.39 is 0 Å². The Bertz CT molecular complexity index is 194. The van der Waals surface area contributed by atoms with Crippen molar-refractivity contribution in [3.8, 4) is 0 Å². The van der Waals surface area contributed by atoms with Gasteiger partial charge < -0.3 is 4.74 Å². The molecule has 0 N–H and O–H groups in total. The van der Waals surface area contributed by atoms with Crippen LogP contribution in [0.3, 0.4) is 0 Å². The van der Waals surface area contributed by atoms with Gasteiger partial charge in [-0.15, -0.1) is 0 Å². The van der Waals surface area contributed by atoms with E-state index in [2.05, 4.69) is 17.7 Å². The van der Waals surface area contributed by atoms with Crippen LogP contribution in [0.25, 0.3) is 0 Å². The van der Waals surface area contributed by atoms with E-state index in [1.807, 2.05) is 6.92 Å². The van der Waals surface area contributed by atoms with Gasteiger partial charge in [0, 0.05) is 0 Å². The first-order chi connectivity index (χ1) is 5.20. The number of hydrogen-bond acceptors (Lipinski definition) is 2. The highest BCUT2D eigenvalue weighted by Gasteiger charge is 2.37. The van der Waals surface area contributed by atoms with Crippen molar-refractivity contribution < 1.29 is 9.53 Å². The summed E-state index contributed by atoms with van der Waals surface area (Å²) in [5, 5.41) is 0. The fourth-order valence-electron chi connectivity index (χ4n) is 1.53. The Morgan fingerprint density at radius 1 is 1.73 bits per heavy atom. The van der Waals surface area contributed by atoms with Crippen LogP contribution in [0.4, 0.5) is 0 Å². The predicted octanol–water partition coefficient (Wildman–Crippen LogP) is 1.76. The molecule has 0 aromatic rings. The number of methoxy groups -OCH3 is 1. The maximum atomic E-state index is 11.0. The molecule has 1 aliphatic rings. The normalized spacial score (nSPS) is 33.2. The van der Waals surface area contributed by atoms with Crippen LogP contribution in [-0.2, 0) is 9.53 Å². The molecule has 2 heteroatoms. The van der Waals surface area contributed by atoms with Crippen molar-refractivity contribution in [2.45, 2.75) is 20.3 Å². The SMILES string of the molecule is C/C=C1/C[C@H](C(=O)OC)[C@@H]1C. The summed E-state index contributed by atoms with van der Waals surface area (Å²) >= 11 is 0. The van der Waals surface area contributed by atoms with Gasteiger partial charge in [0.1, 0.15) is 0 Å². The second-order valence-corrected chi connectivity index (χ2v) is 2.99. The lowest BCUT2D eigenvalue weighted by Crippen LogP contribution is -2.34. The van der Waals surface area contributed by atoms with Gasteiger partial charge in [0.15, 0.2) is 0 Å². The monoisotopic (exact) mass is 154 g/mol. The Labute approximate surface area is 67.2 Å². The highest BCUT2D eigenvalue weighted by atomic mass is 16.5. The van der Waals surface area contributed by atoms with Crippen molar-refractivity contribution in [2.24, 2.45) is 11.8 Å². The van der Waals surface area contributed by atoms with E-state index in [0.717, 1.165) is 6.42 Å². The van der Waals surface area contributed by atoms with E-state index in [9.17, 15) is 4.79 Å². The molecule has 0 heterocycles. The number of carbonyl (C=O) groups excluding carboxylic acids is 1. The van der Waals surface area contributed by atoms with Crippen molar-refractivity contribution in [2.75, 3.05) is 7.11 Å². The molecular formula is C9H14O2. The summed E-state index contributed by atoms with van der Waals surface area (Å²) in [5.74, 6) is 0.446. The third-order valence-electron chi connectivity index (χ3n) is 2.52. The quantitative estimate of drug-likeness (QED) is 0.425. The summed E-state index contributed by atoms with van der Waals surface area (Å²) in [5.41, 5.74) is 1.38. The fraction of sp³-hybridized carbons (Fsp3) is 0.667. The molecule has 2 nitrogen and oxygen atoms in total. The summed E-state index contributed by atoms with van der Waals surface area (Å²) in [6.45, 7) is 4.08. The lowest BCUT2D eigenvalue weighted by atomic mass is 9.70. The first kappa shape index (κ1) is 8.31. The Kier molecular flexibility index (Phi) is 2.32. The number of esters is 1. The summed E-state index contributed by atoms with van der Waals surface area (Å²) in [7, 11) is 1.45. The summed E-state index contributed by atoms with van der Waals surface area (Å²) in [6, 6.07) is 0. The Morgan fingerprint density at radius 2 is 2.36 bits per heavy atom. The average molecular weight is 154 g/mol. The molecule has 62 valence electrons. The van der Waals surface area contributed by atoms with Crippen LogP contribution in [0.5, 0.6) is 0 Å². The van der Waals surface area contributed by atoms with Gasteiger partial charge in [-0.2, -0.15) is 0 Å². The van der Waals surface area contributed by atoms with Gasteiger partial charge in [-0.25, -0.2) is 0 Å². The topological polar surface area (TPSA) is 26.3 Å². The molecule has 0 aromatic carbocycles. The minimum Gasteiger partial charge on any atom is -0.469 e. The van der Waals surface area contributed by atoms with Gasteiger partial charge in [0.05, 0.1) is 13.0 Å². The third-order valence-corrected chi connectivity index (χ3v) is 2.52. The summed E-state index contributed by atoms with van der Waals surface area (Å²) < 4.78 is 4.65. The molecule has 1 saturated carbocycles. The van der Waals surface area contributed by atoms with Crippen LogP contribution >= 0.6 is 0 Å². The van der Waals surface area contributed by atoms with E-state index in [1.54, 1.807) is 0 Å². The van der Waals surface area contributed by atoms with Crippen molar-refractivity contribution in [3.05, 3.63) is 11.6 Å². The summed E-state index contributed by atoms with van der Waals surface area (Å²) in [4.78, 5) is 11.0. The second kappa shape index (κ2) is 3.07. The van der Waals surface area contributed by atoms with Crippen LogP contribution in [0.15, 0.2) is 11.6 Å². The minimum absolute atomic E-state index is 0.0666. The lowest BCUT2D eigenvalue weighted by molar-refractivity contribution is -0.148. The molecule has 1 rings (SSSR count). The molecule has 0 amide bonds. The van der Waals surface area contributed by atoms with Crippen LogP contribution in [0.2, 0.25) is 0 Å². The molecule has 0 saturated heterocycles. The van der Waals surface area contributed by atoms with Crippen molar-refractivity contribution in [1.82, 2.24) is 0 Å². The lowest BCUT2D eigenvalue weighted by Gasteiger charge is -2.34. The van der Waals surface area contributed by atoms with Crippen molar-refractivity contribution in [1.29, 1.82) is 0 Å². The number of ether oxygens (including phenoxy) is 1. The van der Waals surface area contributed by atoms with Gasteiger partial charge in [-0.1, -0.05) is 18.6 Å². The van der Waals surface area contributed by atoms with Crippen molar-refractivity contribution in [3.63, 3.8) is 0 Å². The Hall–Kier alpha value is -0.790. The average Bonchev–Trinajstić information content (AvgIpc) is 2.02. The molecule has 1 fully saturated rings. The smallest absolute Gasteiger partial charge is 0.309 e. The van der Waals surface area contributed by atoms with Gasteiger partial charge in [0.2, 0.25) is 0 Å². The zero-order valence-electron chi connectivity index (χ0n) is 7.26. The van der Waals surface area contributed by atoms with Crippen LogP contribution in [-0.4, -0.2) is 13.1 Å². The first-order valence-corrected chi connectivity index (χ1v) is 3.93. The highest BCUT2D eigenvalue weighted by Crippen LogP contribution is 2.39. The minimum atomic E-state index is -0.0666. The van der Waals surface area contributed by atoms with Crippen LogP contribution < -0.4 is 0 Å². The van der Waals surface area contributed by atoms with E-state index in [4.69, 9.17) is 0 Å². The molecule has 2 atom stereocenters. The van der Waals surface area contributed by atoms with Gasteiger partial charge in [0.25, 0.3) is 0 Å². The standard InChI is InChI=1S/C9H14O2/c1-4-7-5-8(6(7)2)9(10)11-3/h4,6,8H,5H2,1-3H3/b7-4-/t6-,8+/m1/s1. The molecule has 0 aliphatic heterocycles. The third kappa shape index (κ3) is 1.30. The van der Waals surface area contributed by atoms with E-state index in [1.165, 1.54) is 12.7 Å². The number of rotatable bonds is 1. The van der Waals surface area contributed by atoms with Crippen molar-refractivity contribution >= 4 is 5.97 Å². The predicted molar refractivity (Wildman–Crippen MR) is 43.0 cm³/mol. The largest absolute Gasteiger partial charge is 0.469 e. The van der Waals surface area contributed by atoms with Gasteiger partial charge >= 0.3 is 5.97 Å². The van der Waals surface area contributed by atoms with Gasteiger partial charge in [-0.05, 0) is 19.3 Å². The molecule has 0 radical (unpaired) electrons. The molecule has 0 spiro atoms. The van der Waals surface area contributed by atoms with E-state index >= 15 is 0 Å². The first-order valence-electron chi connectivity index (χ1n) is 3.93. The second-order valence-electron chi connectivity index (χ2n) is 2.99. The molecule has 0 unspecified atom stereocenters. The fourth-order valence-corrected chi connectivity index (χ4v) is 1.53. The van der Waals surface area contributed by atoms with E-state index in [0.29, 0.717) is 5.92 Å². The molecule has 1 aliphatic carbocycles. The van der Waals surface area contributed by atoms with E-state index in [-0.39, 0.29) is 11.9 Å². The highest BCUT2D eigenvalue weighted by molar-refractivity contribution is 5.75. The number of carbonyl (C=O) groups is 1. The Balaban J connectivity index is 2.51. The number of allylic oxidation sites excluding steroid dienone is 2. The number of hydrogen-bond donors (Lipinski definition) is 0. The maximum absolute atomic E-state index is 11.0. The molecular weight excluding hydrogens is 140 g/mol. The zero-order valence-corrected chi connectivity index (χ0v) is 7.26. The molecule has 0 bridgehead atoms. The molecule has 0 aromatic heterocycles. The molecule has 11 heavy (non-hydrogen) atoms.